The number of anilines is 1. The van der Waals surface area contributed by atoms with E-state index >= 15 is 0 Å². The number of carbonyl (C=O) groups is 1. The molecule has 13 nitrogen and oxygen atoms in total. The van der Waals surface area contributed by atoms with Crippen molar-refractivity contribution in [2.75, 3.05) is 37.0 Å². The molecule has 1 saturated heterocycles. The summed E-state index contributed by atoms with van der Waals surface area (Å²) in [5.74, 6) is 1.99. The number of rotatable bonds is 11. The number of fused-ring (bicyclic) bond motifs is 1. The van der Waals surface area contributed by atoms with Gasteiger partial charge in [0.2, 0.25) is 11.9 Å². The van der Waals surface area contributed by atoms with Crippen molar-refractivity contribution in [3.63, 3.8) is 0 Å². The van der Waals surface area contributed by atoms with Crippen molar-refractivity contribution in [2.45, 2.75) is 57.1 Å². The summed E-state index contributed by atoms with van der Waals surface area (Å²) >= 11 is 0. The first-order valence-electron chi connectivity index (χ1n) is 14.5. The van der Waals surface area contributed by atoms with Gasteiger partial charge >= 0.3 is 7.82 Å². The number of amides is 1. The molecule has 2 aromatic heterocycles. The summed E-state index contributed by atoms with van der Waals surface area (Å²) in [6.07, 6.45) is 8.64. The Balaban J connectivity index is 1.15. The predicted octanol–water partition coefficient (Wildman–Crippen LogP) is 3.31. The number of benzene rings is 1. The van der Waals surface area contributed by atoms with Crippen LogP contribution in [-0.4, -0.2) is 87.4 Å². The molecular weight excluding hydrogens is 597 g/mol. The maximum Gasteiger partial charge on any atom is 0.469 e. The molecule has 234 valence electrons. The minimum atomic E-state index is -4.52. The van der Waals surface area contributed by atoms with Gasteiger partial charge in [0.15, 0.2) is 0 Å². The highest BCUT2D eigenvalue weighted by Crippen LogP contribution is 2.40. The maximum absolute atomic E-state index is 13.1. The molecule has 1 aliphatic heterocycles. The highest BCUT2D eigenvalue weighted by atomic mass is 32.2. The van der Waals surface area contributed by atoms with Gasteiger partial charge in [0.05, 0.1) is 24.0 Å². The first-order valence-corrected chi connectivity index (χ1v) is 18.1. The van der Waals surface area contributed by atoms with E-state index in [-0.39, 0.29) is 23.6 Å². The Bertz CT molecular complexity index is 1580. The van der Waals surface area contributed by atoms with Crippen molar-refractivity contribution in [3.8, 4) is 11.6 Å². The number of nitrogens with zero attached hydrogens (tertiary/aromatic N) is 4. The average Bonchev–Trinajstić information content (AvgIpc) is 3.40. The SMILES string of the molecule is CS(=O)(=O)CCCOc1cccc2c1ccn2-c1ccnc(NC2CCC(C(=O)N3CCC(OP(=O)(O)O)CC3)CC2)n1. The summed E-state index contributed by atoms with van der Waals surface area (Å²) in [5, 5.41) is 4.33. The van der Waals surface area contributed by atoms with Crippen molar-refractivity contribution < 1.29 is 36.8 Å². The summed E-state index contributed by atoms with van der Waals surface area (Å²) in [5.41, 5.74) is 0.904. The fraction of sp³-hybridized carbons (Fsp3) is 0.536. The molecule has 2 fully saturated rings. The number of phosphoric acid groups is 1. The molecule has 3 aromatic rings. The van der Waals surface area contributed by atoms with Crippen LogP contribution in [0.4, 0.5) is 5.95 Å². The molecule has 2 aliphatic rings. The van der Waals surface area contributed by atoms with Crippen LogP contribution in [0.15, 0.2) is 42.7 Å². The molecule has 1 amide bonds. The Morgan fingerprint density at radius 1 is 1.09 bits per heavy atom. The number of carbonyl (C=O) groups excluding carboxylic acids is 1. The van der Waals surface area contributed by atoms with E-state index in [0.717, 1.165) is 36.6 Å². The molecule has 1 aliphatic carbocycles. The summed E-state index contributed by atoms with van der Waals surface area (Å²) in [4.78, 5) is 42.1. The number of sulfone groups is 1. The van der Waals surface area contributed by atoms with E-state index in [1.807, 2.05) is 41.1 Å². The van der Waals surface area contributed by atoms with Crippen LogP contribution in [0.3, 0.4) is 0 Å². The van der Waals surface area contributed by atoms with Gasteiger partial charge in [0, 0.05) is 49.1 Å². The fourth-order valence-corrected chi connectivity index (χ4v) is 7.06. The molecule has 0 unspecified atom stereocenters. The zero-order valence-electron chi connectivity index (χ0n) is 24.0. The van der Waals surface area contributed by atoms with Gasteiger partial charge in [-0.1, -0.05) is 6.07 Å². The van der Waals surface area contributed by atoms with Crippen molar-refractivity contribution in [2.24, 2.45) is 5.92 Å². The molecule has 0 atom stereocenters. The monoisotopic (exact) mass is 635 g/mol. The lowest BCUT2D eigenvalue weighted by Crippen LogP contribution is -2.44. The number of hydrogen-bond acceptors (Lipinski definition) is 9. The molecule has 0 bridgehead atoms. The van der Waals surface area contributed by atoms with E-state index in [9.17, 15) is 17.8 Å². The molecule has 43 heavy (non-hydrogen) atoms. The van der Waals surface area contributed by atoms with E-state index < -0.39 is 23.8 Å². The summed E-state index contributed by atoms with van der Waals surface area (Å²) in [7, 11) is -7.55. The quantitative estimate of drug-likeness (QED) is 0.208. The first kappa shape index (κ1) is 31.4. The van der Waals surface area contributed by atoms with E-state index in [1.54, 1.807) is 11.1 Å². The number of hydrogen-bond donors (Lipinski definition) is 3. The van der Waals surface area contributed by atoms with Gasteiger partial charge in [-0.05, 0) is 69.2 Å². The smallest absolute Gasteiger partial charge is 0.469 e. The van der Waals surface area contributed by atoms with Crippen LogP contribution in [0.5, 0.6) is 5.75 Å². The molecule has 1 saturated carbocycles. The van der Waals surface area contributed by atoms with Crippen molar-refractivity contribution >= 4 is 40.4 Å². The third-order valence-corrected chi connectivity index (χ3v) is 9.55. The highest BCUT2D eigenvalue weighted by molar-refractivity contribution is 7.90. The van der Waals surface area contributed by atoms with Gasteiger partial charge in [-0.15, -0.1) is 0 Å². The van der Waals surface area contributed by atoms with Gasteiger partial charge in [0.25, 0.3) is 0 Å². The van der Waals surface area contributed by atoms with E-state index in [0.29, 0.717) is 56.5 Å². The summed E-state index contributed by atoms with van der Waals surface area (Å²) in [6, 6.07) is 9.64. The Kier molecular flexibility index (Phi) is 9.72. The van der Waals surface area contributed by atoms with E-state index in [2.05, 4.69) is 10.3 Å². The van der Waals surface area contributed by atoms with Crippen molar-refractivity contribution in [1.82, 2.24) is 19.4 Å². The Morgan fingerprint density at radius 3 is 2.53 bits per heavy atom. The molecular formula is C28H38N5O8PS. The lowest BCUT2D eigenvalue weighted by atomic mass is 9.85. The fourth-order valence-electron chi connectivity index (χ4n) is 5.82. The number of likely N-dealkylation sites (tertiary alicyclic amines) is 1. The normalized spacial score (nSPS) is 20.3. The second kappa shape index (κ2) is 13.3. The van der Waals surface area contributed by atoms with E-state index in [4.69, 9.17) is 24.0 Å². The molecule has 5 rings (SSSR count). The number of ether oxygens (including phenoxy) is 1. The van der Waals surface area contributed by atoms with Crippen LogP contribution < -0.4 is 10.1 Å². The molecule has 0 radical (unpaired) electrons. The average molecular weight is 636 g/mol. The number of piperidine rings is 1. The Hall–Kier alpha value is -3.03. The predicted molar refractivity (Wildman–Crippen MR) is 161 cm³/mol. The first-order chi connectivity index (χ1) is 20.4. The number of nitrogens with one attached hydrogen (secondary N) is 1. The van der Waals surface area contributed by atoms with Gasteiger partial charge in [0.1, 0.15) is 21.4 Å². The zero-order chi connectivity index (χ0) is 30.6. The van der Waals surface area contributed by atoms with E-state index in [1.165, 1.54) is 6.26 Å². The van der Waals surface area contributed by atoms with Crippen LogP contribution in [-0.2, 0) is 23.7 Å². The largest absolute Gasteiger partial charge is 0.493 e. The van der Waals surface area contributed by atoms with Crippen molar-refractivity contribution in [3.05, 3.63) is 42.7 Å². The lowest BCUT2D eigenvalue weighted by Gasteiger charge is -2.36. The summed E-state index contributed by atoms with van der Waals surface area (Å²) < 4.78 is 46.5. The number of aromatic nitrogens is 3. The zero-order valence-corrected chi connectivity index (χ0v) is 25.8. The Labute approximate surface area is 250 Å². The highest BCUT2D eigenvalue weighted by Gasteiger charge is 2.33. The van der Waals surface area contributed by atoms with Crippen LogP contribution >= 0.6 is 7.82 Å². The van der Waals surface area contributed by atoms with Gasteiger partial charge in [-0.2, -0.15) is 4.98 Å². The molecule has 3 heterocycles. The van der Waals surface area contributed by atoms with Crippen LogP contribution in [0.25, 0.3) is 16.7 Å². The minimum absolute atomic E-state index is 0.0708. The third kappa shape index (κ3) is 8.54. The van der Waals surface area contributed by atoms with Crippen LogP contribution in [0.1, 0.15) is 44.9 Å². The van der Waals surface area contributed by atoms with Crippen molar-refractivity contribution in [1.29, 1.82) is 0 Å². The molecule has 0 spiro atoms. The maximum atomic E-state index is 13.1. The van der Waals surface area contributed by atoms with Gasteiger partial charge < -0.3 is 29.3 Å². The molecule has 1 aromatic carbocycles. The standard InChI is InChI=1S/C28H38N5O8PS/c1-43(38,39)19-3-18-40-25-5-2-4-24-23(25)13-17-33(24)26-10-14-29-28(31-26)30-21-8-6-20(7-9-21)27(34)32-15-11-22(12-16-32)41-42(35,36)37/h2,4-5,10,13-14,17,20-22H,3,6-9,11-12,15-16,18-19H2,1H3,(H,29,30,31)(H2,35,36,37). The summed E-state index contributed by atoms with van der Waals surface area (Å²) in [6.45, 7) is 1.18. The van der Waals surface area contributed by atoms with Crippen LogP contribution in [0, 0.1) is 5.92 Å². The molecule has 15 heteroatoms. The second-order valence-corrected chi connectivity index (χ2v) is 14.7. The molecule has 3 N–H and O–H groups in total. The lowest BCUT2D eigenvalue weighted by molar-refractivity contribution is -0.138. The topological polar surface area (TPSA) is 173 Å². The Morgan fingerprint density at radius 2 is 1.84 bits per heavy atom. The van der Waals surface area contributed by atoms with Gasteiger partial charge in [-0.25, -0.2) is 18.0 Å². The van der Waals surface area contributed by atoms with Gasteiger partial charge in [-0.3, -0.25) is 9.32 Å². The third-order valence-electron chi connectivity index (χ3n) is 7.95. The minimum Gasteiger partial charge on any atom is -0.493 e. The number of phosphoric ester groups is 1. The second-order valence-electron chi connectivity index (χ2n) is 11.3. The van der Waals surface area contributed by atoms with Crippen LogP contribution in [0.2, 0.25) is 0 Å².